The number of anilines is 2. The van der Waals surface area contributed by atoms with Crippen molar-refractivity contribution in [1.29, 1.82) is 0 Å². The van der Waals surface area contributed by atoms with Crippen LogP contribution in [0.1, 0.15) is 33.9 Å². The fraction of sp³-hybridized carbons (Fsp3) is 0.545. The van der Waals surface area contributed by atoms with E-state index in [4.69, 9.17) is 46.4 Å². The molecule has 4 aromatic rings. The van der Waals surface area contributed by atoms with Crippen molar-refractivity contribution in [2.45, 2.75) is 65.2 Å². The lowest BCUT2D eigenvalue weighted by atomic mass is 9.99. The van der Waals surface area contributed by atoms with Crippen molar-refractivity contribution in [2.24, 2.45) is 0 Å². The number of hydrogen-bond donors (Lipinski definition) is 0. The van der Waals surface area contributed by atoms with Gasteiger partial charge in [0.1, 0.15) is 0 Å². The highest BCUT2D eigenvalue weighted by atomic mass is 35.5. The molecule has 2 aliphatic heterocycles. The summed E-state index contributed by atoms with van der Waals surface area (Å²) in [6.45, 7) is 8.16. The lowest BCUT2D eigenvalue weighted by molar-refractivity contribution is -0.142. The Labute approximate surface area is 337 Å². The van der Waals surface area contributed by atoms with Crippen molar-refractivity contribution in [3.8, 4) is 0 Å². The number of nitrogens with zero attached hydrogens (tertiary/aromatic N) is 12. The summed E-state index contributed by atoms with van der Waals surface area (Å²) in [6.07, 6.45) is -9.73. The Balaban J connectivity index is 1.35. The highest BCUT2D eigenvalue weighted by Gasteiger charge is 2.43. The molecule has 0 aliphatic carbocycles. The second-order valence-corrected chi connectivity index (χ2v) is 15.2. The van der Waals surface area contributed by atoms with E-state index in [1.165, 1.54) is 13.8 Å². The molecule has 2 unspecified atom stereocenters. The van der Waals surface area contributed by atoms with Crippen molar-refractivity contribution in [3.63, 3.8) is 0 Å². The molecule has 2 aliphatic rings. The van der Waals surface area contributed by atoms with Gasteiger partial charge in [0.2, 0.25) is 0 Å². The summed E-state index contributed by atoms with van der Waals surface area (Å²) < 4.78 is 85.7. The summed E-state index contributed by atoms with van der Waals surface area (Å²) in [5.74, 6) is 0.652. The maximum Gasteiger partial charge on any atom is 0.436 e. The lowest BCUT2D eigenvalue weighted by Gasteiger charge is -2.43. The monoisotopic (exact) mass is 870 g/mol. The first-order valence-corrected chi connectivity index (χ1v) is 18.9. The molecule has 6 heterocycles. The molecule has 23 heteroatoms. The summed E-state index contributed by atoms with van der Waals surface area (Å²) >= 11 is 24.4. The molecular formula is C33H36Cl4F6N12O. The third-order valence-electron chi connectivity index (χ3n) is 10.1. The average molecular weight is 873 g/mol. The van der Waals surface area contributed by atoms with Gasteiger partial charge in [-0.05, 0) is 51.0 Å². The standard InChI is InChI=1S/C33H36Cl4F6N12O/c1-17-13-23(44-46-30(17)36)52-9-5-50(6-10-52)21(15-54-19(3)25(34)28(48-54)32(38,39)40)27(56)22(16-55-20(4)26(35)29(49-55)33(41,42)43)51-7-11-53(12-8-51)24-14-18(2)31(37)47-45-24/h13-14,21-22H,5-12,15-16H2,1-4H3. The van der Waals surface area contributed by atoms with Crippen molar-refractivity contribution in [3.05, 3.63) is 66.4 Å². The van der Waals surface area contributed by atoms with E-state index in [1.807, 2.05) is 19.6 Å². The van der Waals surface area contributed by atoms with Gasteiger partial charge >= 0.3 is 12.4 Å². The second kappa shape index (κ2) is 16.4. The molecule has 0 amide bonds. The first-order valence-electron chi connectivity index (χ1n) is 17.4. The van der Waals surface area contributed by atoms with Crippen molar-refractivity contribution in [1.82, 2.24) is 49.8 Å². The van der Waals surface area contributed by atoms with E-state index >= 15 is 4.79 Å². The Hall–Kier alpha value is -3.49. The zero-order valence-electron chi connectivity index (χ0n) is 30.4. The van der Waals surface area contributed by atoms with Gasteiger partial charge in [-0.3, -0.25) is 24.0 Å². The molecule has 56 heavy (non-hydrogen) atoms. The van der Waals surface area contributed by atoms with Crippen LogP contribution >= 0.6 is 46.4 Å². The van der Waals surface area contributed by atoms with Gasteiger partial charge in [-0.2, -0.15) is 36.5 Å². The van der Waals surface area contributed by atoms with Crippen LogP contribution in [0.15, 0.2) is 12.1 Å². The topological polar surface area (TPSA) is 117 Å². The summed E-state index contributed by atoms with van der Waals surface area (Å²) in [7, 11) is 0. The van der Waals surface area contributed by atoms with E-state index in [9.17, 15) is 26.3 Å². The van der Waals surface area contributed by atoms with Gasteiger partial charge in [0.25, 0.3) is 0 Å². The summed E-state index contributed by atoms with van der Waals surface area (Å²) in [4.78, 5) is 22.7. The molecule has 2 atom stereocenters. The molecule has 0 N–H and O–H groups in total. The van der Waals surface area contributed by atoms with Gasteiger partial charge < -0.3 is 9.80 Å². The number of halogens is 10. The SMILES string of the molecule is Cc1cc(N2CCN(C(Cn3nc(C(F)(F)F)c(Cl)c3C)C(=O)C(Cn3nc(C(F)(F)F)c(Cl)c3C)N3CCN(c4cc(C)c(Cl)nn4)CC3)CC2)nnc1Cl. The Morgan fingerprint density at radius 3 is 1.23 bits per heavy atom. The Kier molecular flexibility index (Phi) is 12.3. The number of Topliss-reactive ketones (excluding diaryl/α,β-unsaturated/α-hetero) is 1. The van der Waals surface area contributed by atoms with Crippen LogP contribution in [-0.4, -0.2) is 120 Å². The zero-order valence-corrected chi connectivity index (χ0v) is 33.5. The van der Waals surface area contributed by atoms with Crippen LogP contribution in [-0.2, 0) is 30.2 Å². The minimum absolute atomic E-state index is 0.00334. The molecule has 4 aromatic heterocycles. The smallest absolute Gasteiger partial charge is 0.353 e. The van der Waals surface area contributed by atoms with Crippen molar-refractivity contribution < 1.29 is 31.1 Å². The largest absolute Gasteiger partial charge is 0.436 e. The summed E-state index contributed by atoms with van der Waals surface area (Å²) in [5, 5.41) is 23.2. The molecule has 0 radical (unpaired) electrons. The molecule has 0 bridgehead atoms. The maximum absolute atomic E-state index is 15.1. The van der Waals surface area contributed by atoms with Gasteiger partial charge in [-0.25, -0.2) is 0 Å². The Morgan fingerprint density at radius 1 is 0.607 bits per heavy atom. The van der Waals surface area contributed by atoms with Crippen LogP contribution in [0.4, 0.5) is 38.0 Å². The maximum atomic E-state index is 15.1. The van der Waals surface area contributed by atoms with Crippen molar-refractivity contribution >= 4 is 63.8 Å². The third-order valence-corrected chi connectivity index (χ3v) is 11.8. The molecule has 0 saturated carbocycles. The van der Waals surface area contributed by atoms with E-state index < -0.39 is 51.7 Å². The van der Waals surface area contributed by atoms with E-state index in [1.54, 1.807) is 26.0 Å². The number of aromatic nitrogens is 8. The summed E-state index contributed by atoms with van der Waals surface area (Å²) in [5.41, 5.74) is -1.17. The second-order valence-electron chi connectivity index (χ2n) is 13.7. The summed E-state index contributed by atoms with van der Waals surface area (Å²) in [6, 6.07) is 1.35. The first-order chi connectivity index (χ1) is 26.2. The molecule has 6 rings (SSSR count). The van der Waals surface area contributed by atoms with Crippen LogP contribution in [0.5, 0.6) is 0 Å². The predicted octanol–water partition coefficient (Wildman–Crippen LogP) is 6.20. The molecule has 304 valence electrons. The van der Waals surface area contributed by atoms with Crippen molar-refractivity contribution in [2.75, 3.05) is 62.2 Å². The number of ketones is 1. The number of carbonyl (C=O) groups is 1. The Morgan fingerprint density at radius 2 is 0.946 bits per heavy atom. The van der Waals surface area contributed by atoms with E-state index in [2.05, 4.69) is 30.6 Å². The molecule has 2 fully saturated rings. The predicted molar refractivity (Wildman–Crippen MR) is 198 cm³/mol. The van der Waals surface area contributed by atoms with E-state index in [0.29, 0.717) is 48.9 Å². The van der Waals surface area contributed by atoms with E-state index in [-0.39, 0.29) is 61.0 Å². The van der Waals surface area contributed by atoms with Gasteiger partial charge in [0, 0.05) is 52.4 Å². The van der Waals surface area contributed by atoms with Crippen LogP contribution in [0, 0.1) is 27.7 Å². The first kappa shape index (κ1) is 42.1. The van der Waals surface area contributed by atoms with Gasteiger partial charge in [-0.15, -0.1) is 20.4 Å². The molecular weight excluding hydrogens is 836 g/mol. The van der Waals surface area contributed by atoms with Crippen LogP contribution < -0.4 is 9.80 Å². The number of hydrogen-bond acceptors (Lipinski definition) is 11. The molecule has 0 spiro atoms. The zero-order chi connectivity index (χ0) is 40.9. The number of aryl methyl sites for hydroxylation is 2. The van der Waals surface area contributed by atoms with Gasteiger partial charge in [0.05, 0.1) is 46.6 Å². The number of carbonyl (C=O) groups excluding carboxylic acids is 1. The Bertz CT molecular complexity index is 1930. The lowest BCUT2D eigenvalue weighted by Crippen LogP contribution is -2.61. The van der Waals surface area contributed by atoms with Crippen LogP contribution in [0.25, 0.3) is 0 Å². The normalized spacial score (nSPS) is 17.5. The molecule has 0 aromatic carbocycles. The highest BCUT2D eigenvalue weighted by molar-refractivity contribution is 6.32. The third kappa shape index (κ3) is 8.82. The van der Waals surface area contributed by atoms with Gasteiger partial charge in [-0.1, -0.05) is 46.4 Å². The van der Waals surface area contributed by atoms with E-state index in [0.717, 1.165) is 9.36 Å². The number of alkyl halides is 6. The number of piperazine rings is 2. The quantitative estimate of drug-likeness (QED) is 0.170. The molecule has 13 nitrogen and oxygen atoms in total. The average Bonchev–Trinajstić information content (AvgIpc) is 3.61. The van der Waals surface area contributed by atoms with Crippen LogP contribution in [0.3, 0.4) is 0 Å². The minimum atomic E-state index is -4.86. The fourth-order valence-electron chi connectivity index (χ4n) is 6.83. The van der Waals surface area contributed by atoms with Crippen LogP contribution in [0.2, 0.25) is 20.4 Å². The fourth-order valence-corrected chi connectivity index (χ4v) is 7.50. The highest BCUT2D eigenvalue weighted by Crippen LogP contribution is 2.37. The van der Waals surface area contributed by atoms with Gasteiger partial charge in [0.15, 0.2) is 39.1 Å². The molecule has 2 saturated heterocycles. The minimum Gasteiger partial charge on any atom is -0.353 e. The number of rotatable bonds is 10.